The molecule has 0 aliphatic carbocycles. The Morgan fingerprint density at radius 2 is 1.94 bits per heavy atom. The van der Waals surface area contributed by atoms with Gasteiger partial charge in [0, 0.05) is 32.2 Å². The second-order valence-corrected chi connectivity index (χ2v) is 4.87. The molecular formula is C15H22N2. The van der Waals surface area contributed by atoms with Gasteiger partial charge in [-0.2, -0.15) is 0 Å². The van der Waals surface area contributed by atoms with Gasteiger partial charge in [-0.1, -0.05) is 35.9 Å². The van der Waals surface area contributed by atoms with Gasteiger partial charge in [0.25, 0.3) is 0 Å². The predicted octanol–water partition coefficient (Wildman–Crippen LogP) is 2.60. The number of nitrogens with zero attached hydrogens (tertiary/aromatic N) is 1. The fraction of sp³-hybridized carbons (Fsp3) is 0.467. The van der Waals surface area contributed by atoms with E-state index in [1.165, 1.54) is 11.1 Å². The van der Waals surface area contributed by atoms with Crippen LogP contribution in [0.2, 0.25) is 0 Å². The van der Waals surface area contributed by atoms with Crippen molar-refractivity contribution in [1.29, 1.82) is 0 Å². The van der Waals surface area contributed by atoms with Crippen molar-refractivity contribution in [1.82, 2.24) is 10.2 Å². The van der Waals surface area contributed by atoms with Gasteiger partial charge in [-0.25, -0.2) is 0 Å². The lowest BCUT2D eigenvalue weighted by Gasteiger charge is -2.35. The van der Waals surface area contributed by atoms with Crippen molar-refractivity contribution in [3.05, 3.63) is 48.0 Å². The van der Waals surface area contributed by atoms with Gasteiger partial charge in [0.1, 0.15) is 0 Å². The summed E-state index contributed by atoms with van der Waals surface area (Å²) in [5.74, 6) is 0. The van der Waals surface area contributed by atoms with Crippen molar-refractivity contribution >= 4 is 0 Å². The van der Waals surface area contributed by atoms with Gasteiger partial charge in [0.15, 0.2) is 0 Å². The van der Waals surface area contributed by atoms with Crippen LogP contribution in [0, 0.1) is 0 Å². The van der Waals surface area contributed by atoms with Crippen LogP contribution in [0.4, 0.5) is 0 Å². The molecule has 1 aromatic carbocycles. The first-order chi connectivity index (χ1) is 8.27. The van der Waals surface area contributed by atoms with E-state index in [1.54, 1.807) is 0 Å². The van der Waals surface area contributed by atoms with Crippen LogP contribution in [0.5, 0.6) is 0 Å². The van der Waals surface area contributed by atoms with E-state index in [-0.39, 0.29) is 0 Å². The third-order valence-electron chi connectivity index (χ3n) is 3.32. The number of rotatable bonds is 4. The first-order valence-electron chi connectivity index (χ1n) is 6.41. The van der Waals surface area contributed by atoms with Crippen LogP contribution in [0.15, 0.2) is 42.5 Å². The summed E-state index contributed by atoms with van der Waals surface area (Å²) < 4.78 is 0. The summed E-state index contributed by atoms with van der Waals surface area (Å²) in [5.41, 5.74) is 2.68. The Morgan fingerprint density at radius 1 is 1.29 bits per heavy atom. The standard InChI is InChI=1S/C15H22N2/c1-13(2)12-15(14-6-4-3-5-7-14)17-10-8-16-9-11-17/h3-7,15-16H,1,8-12H2,2H3/t15-/m1/s1. The Hall–Kier alpha value is -1.12. The summed E-state index contributed by atoms with van der Waals surface area (Å²) in [5, 5.41) is 3.41. The largest absolute Gasteiger partial charge is 0.314 e. The molecular weight excluding hydrogens is 208 g/mol. The maximum atomic E-state index is 4.07. The van der Waals surface area contributed by atoms with Gasteiger partial charge in [0.05, 0.1) is 0 Å². The van der Waals surface area contributed by atoms with E-state index in [0.29, 0.717) is 6.04 Å². The van der Waals surface area contributed by atoms with Gasteiger partial charge in [-0.3, -0.25) is 4.90 Å². The third-order valence-corrected chi connectivity index (χ3v) is 3.32. The molecule has 1 aromatic rings. The molecule has 0 bridgehead atoms. The Bertz CT molecular complexity index is 352. The number of hydrogen-bond acceptors (Lipinski definition) is 2. The van der Waals surface area contributed by atoms with E-state index in [1.807, 2.05) is 0 Å². The van der Waals surface area contributed by atoms with Crippen molar-refractivity contribution in [2.75, 3.05) is 26.2 Å². The lowest BCUT2D eigenvalue weighted by molar-refractivity contribution is 0.172. The van der Waals surface area contributed by atoms with E-state index in [4.69, 9.17) is 0 Å². The highest BCUT2D eigenvalue weighted by molar-refractivity contribution is 5.21. The maximum absolute atomic E-state index is 4.07. The zero-order chi connectivity index (χ0) is 12.1. The average molecular weight is 230 g/mol. The quantitative estimate of drug-likeness (QED) is 0.800. The van der Waals surface area contributed by atoms with Crippen LogP contribution < -0.4 is 5.32 Å². The van der Waals surface area contributed by atoms with Crippen molar-refractivity contribution in [2.24, 2.45) is 0 Å². The fourth-order valence-corrected chi connectivity index (χ4v) is 2.46. The zero-order valence-corrected chi connectivity index (χ0v) is 10.7. The Morgan fingerprint density at radius 3 is 2.53 bits per heavy atom. The van der Waals surface area contributed by atoms with E-state index in [2.05, 4.69) is 54.1 Å². The van der Waals surface area contributed by atoms with Crippen molar-refractivity contribution in [3.8, 4) is 0 Å². The zero-order valence-electron chi connectivity index (χ0n) is 10.7. The van der Waals surface area contributed by atoms with Gasteiger partial charge >= 0.3 is 0 Å². The molecule has 0 saturated carbocycles. The summed E-state index contributed by atoms with van der Waals surface area (Å²) in [6.07, 6.45) is 1.06. The van der Waals surface area contributed by atoms with Crippen LogP contribution in [-0.2, 0) is 0 Å². The first-order valence-corrected chi connectivity index (χ1v) is 6.41. The highest BCUT2D eigenvalue weighted by Gasteiger charge is 2.21. The van der Waals surface area contributed by atoms with E-state index in [0.717, 1.165) is 32.6 Å². The molecule has 17 heavy (non-hydrogen) atoms. The van der Waals surface area contributed by atoms with Gasteiger partial charge in [-0.05, 0) is 18.9 Å². The van der Waals surface area contributed by atoms with E-state index >= 15 is 0 Å². The minimum absolute atomic E-state index is 0.496. The molecule has 1 fully saturated rings. The average Bonchev–Trinajstić information content (AvgIpc) is 2.38. The smallest absolute Gasteiger partial charge is 0.0386 e. The minimum atomic E-state index is 0.496. The van der Waals surface area contributed by atoms with Crippen molar-refractivity contribution in [2.45, 2.75) is 19.4 Å². The monoisotopic (exact) mass is 230 g/mol. The Kier molecular flexibility index (Phi) is 4.35. The number of nitrogens with one attached hydrogen (secondary N) is 1. The maximum Gasteiger partial charge on any atom is 0.0386 e. The minimum Gasteiger partial charge on any atom is -0.314 e. The molecule has 2 rings (SSSR count). The van der Waals surface area contributed by atoms with Crippen LogP contribution in [0.25, 0.3) is 0 Å². The molecule has 1 heterocycles. The molecule has 2 nitrogen and oxygen atoms in total. The molecule has 0 spiro atoms. The predicted molar refractivity (Wildman–Crippen MR) is 73.1 cm³/mol. The molecule has 1 saturated heterocycles. The number of hydrogen-bond donors (Lipinski definition) is 1. The Balaban J connectivity index is 2.15. The highest BCUT2D eigenvalue weighted by Crippen LogP contribution is 2.27. The second kappa shape index (κ2) is 5.99. The van der Waals surface area contributed by atoms with Crippen LogP contribution in [0.3, 0.4) is 0 Å². The molecule has 1 aliphatic rings. The molecule has 1 aliphatic heterocycles. The Labute approximate surface area is 104 Å². The second-order valence-electron chi connectivity index (χ2n) is 4.87. The molecule has 92 valence electrons. The molecule has 2 heteroatoms. The first kappa shape index (κ1) is 12.3. The molecule has 0 radical (unpaired) electrons. The highest BCUT2D eigenvalue weighted by atomic mass is 15.2. The lowest BCUT2D eigenvalue weighted by Crippen LogP contribution is -2.45. The molecule has 0 amide bonds. The summed E-state index contributed by atoms with van der Waals surface area (Å²) in [7, 11) is 0. The lowest BCUT2D eigenvalue weighted by atomic mass is 9.98. The number of benzene rings is 1. The van der Waals surface area contributed by atoms with Crippen molar-refractivity contribution in [3.63, 3.8) is 0 Å². The van der Waals surface area contributed by atoms with Gasteiger partial charge in [0.2, 0.25) is 0 Å². The van der Waals surface area contributed by atoms with Crippen molar-refractivity contribution < 1.29 is 0 Å². The molecule has 1 atom stereocenters. The fourth-order valence-electron chi connectivity index (χ4n) is 2.46. The topological polar surface area (TPSA) is 15.3 Å². The van der Waals surface area contributed by atoms with E-state index in [9.17, 15) is 0 Å². The summed E-state index contributed by atoms with van der Waals surface area (Å²) in [6.45, 7) is 10.7. The van der Waals surface area contributed by atoms with Crippen LogP contribution in [0.1, 0.15) is 24.9 Å². The number of piperazine rings is 1. The van der Waals surface area contributed by atoms with Gasteiger partial charge < -0.3 is 5.32 Å². The van der Waals surface area contributed by atoms with Crippen LogP contribution >= 0.6 is 0 Å². The van der Waals surface area contributed by atoms with E-state index < -0.39 is 0 Å². The SMILES string of the molecule is C=C(C)C[C@H](c1ccccc1)N1CCNCC1. The molecule has 1 N–H and O–H groups in total. The molecule has 0 aromatic heterocycles. The summed E-state index contributed by atoms with van der Waals surface area (Å²) in [4.78, 5) is 2.57. The molecule has 0 unspecified atom stereocenters. The van der Waals surface area contributed by atoms with Crippen LogP contribution in [-0.4, -0.2) is 31.1 Å². The summed E-state index contributed by atoms with van der Waals surface area (Å²) >= 11 is 0. The summed E-state index contributed by atoms with van der Waals surface area (Å²) in [6, 6.07) is 11.3. The van der Waals surface area contributed by atoms with Gasteiger partial charge in [-0.15, -0.1) is 6.58 Å². The normalized spacial score (nSPS) is 18.9. The third kappa shape index (κ3) is 3.42.